The molecule has 9 heteroatoms. The number of ether oxygens (including phenoxy) is 1. The second-order valence-electron chi connectivity index (χ2n) is 6.89. The number of para-hydroxylation sites is 1. The first-order valence-corrected chi connectivity index (χ1v) is 9.94. The summed E-state index contributed by atoms with van der Waals surface area (Å²) in [7, 11) is 0. The minimum Gasteiger partial charge on any atom is -0.449 e. The summed E-state index contributed by atoms with van der Waals surface area (Å²) in [6.45, 7) is 5.19. The third-order valence-electron chi connectivity index (χ3n) is 4.85. The zero-order valence-corrected chi connectivity index (χ0v) is 17.9. The second kappa shape index (κ2) is 9.09. The van der Waals surface area contributed by atoms with Gasteiger partial charge in [0, 0.05) is 23.2 Å². The Kier molecular flexibility index (Phi) is 6.50. The van der Waals surface area contributed by atoms with Crippen LogP contribution in [0.5, 0.6) is 0 Å². The summed E-state index contributed by atoms with van der Waals surface area (Å²) >= 11 is 6.01. The summed E-state index contributed by atoms with van der Waals surface area (Å²) < 4.78 is 5.43. The number of carbonyl (C=O) groups excluding carboxylic acids is 2. The van der Waals surface area contributed by atoms with Crippen molar-refractivity contribution in [2.24, 2.45) is 0 Å². The number of hydrogen-bond acceptors (Lipinski definition) is 6. The molecule has 0 aliphatic heterocycles. The summed E-state index contributed by atoms with van der Waals surface area (Å²) in [4.78, 5) is 40.3. The molecule has 0 bridgehead atoms. The van der Waals surface area contributed by atoms with E-state index >= 15 is 0 Å². The van der Waals surface area contributed by atoms with Crippen LogP contribution in [0.2, 0.25) is 5.02 Å². The Morgan fingerprint density at radius 3 is 2.61 bits per heavy atom. The largest absolute Gasteiger partial charge is 0.449 e. The van der Waals surface area contributed by atoms with E-state index < -0.39 is 22.9 Å². The number of benzene rings is 2. The first-order valence-electron chi connectivity index (χ1n) is 9.57. The van der Waals surface area contributed by atoms with Crippen molar-refractivity contribution in [3.63, 3.8) is 0 Å². The lowest BCUT2D eigenvalue weighted by Crippen LogP contribution is -2.30. The van der Waals surface area contributed by atoms with E-state index in [2.05, 4.69) is 10.3 Å². The van der Waals surface area contributed by atoms with Crippen LogP contribution in [-0.2, 0) is 16.0 Å². The number of aromatic nitrogens is 1. The molecule has 0 saturated heterocycles. The van der Waals surface area contributed by atoms with Gasteiger partial charge >= 0.3 is 5.97 Å². The normalized spacial score (nSPS) is 11.7. The van der Waals surface area contributed by atoms with E-state index in [0.29, 0.717) is 28.5 Å². The molecule has 8 nitrogen and oxygen atoms in total. The van der Waals surface area contributed by atoms with Gasteiger partial charge in [-0.15, -0.1) is 0 Å². The van der Waals surface area contributed by atoms with E-state index in [9.17, 15) is 19.7 Å². The molecular formula is C22H20ClN3O5. The number of nitrogens with one attached hydrogen (secondary N) is 1. The number of aryl methyl sites for hydroxylation is 1. The molecule has 160 valence electrons. The van der Waals surface area contributed by atoms with Gasteiger partial charge < -0.3 is 10.1 Å². The molecule has 1 unspecified atom stereocenters. The Bertz CT molecular complexity index is 1200. The molecule has 0 radical (unpaired) electrons. The Morgan fingerprint density at radius 2 is 1.97 bits per heavy atom. The second-order valence-corrected chi connectivity index (χ2v) is 7.29. The van der Waals surface area contributed by atoms with Crippen molar-refractivity contribution in [1.82, 2.24) is 4.98 Å². The van der Waals surface area contributed by atoms with Gasteiger partial charge in [0.25, 0.3) is 11.6 Å². The molecule has 2 aromatic carbocycles. The van der Waals surface area contributed by atoms with E-state index in [1.54, 1.807) is 19.1 Å². The van der Waals surface area contributed by atoms with Crippen LogP contribution in [0.25, 0.3) is 10.9 Å². The van der Waals surface area contributed by atoms with Crippen LogP contribution in [0.3, 0.4) is 0 Å². The van der Waals surface area contributed by atoms with Crippen molar-refractivity contribution < 1.29 is 19.2 Å². The SMILES string of the molecule is CCc1nc2ccccc2c(C(=O)OC(C)C(=O)Nc2ccc([N+](=O)[O-])cc2Cl)c1C. The number of esters is 1. The molecule has 0 fully saturated rings. The summed E-state index contributed by atoms with van der Waals surface area (Å²) in [5.74, 6) is -1.25. The smallest absolute Gasteiger partial charge is 0.339 e. The molecule has 0 saturated carbocycles. The van der Waals surface area contributed by atoms with Gasteiger partial charge in [-0.25, -0.2) is 4.79 Å². The molecule has 1 aromatic heterocycles. The molecule has 3 aromatic rings. The van der Waals surface area contributed by atoms with Crippen molar-refractivity contribution in [3.05, 3.63) is 74.4 Å². The van der Waals surface area contributed by atoms with E-state index in [1.807, 2.05) is 19.1 Å². The first-order chi connectivity index (χ1) is 14.7. The molecule has 31 heavy (non-hydrogen) atoms. The van der Waals surface area contributed by atoms with Gasteiger partial charge in [0.1, 0.15) is 0 Å². The minimum atomic E-state index is -1.13. The maximum absolute atomic E-state index is 13.0. The number of anilines is 1. The summed E-state index contributed by atoms with van der Waals surface area (Å²) in [6, 6.07) is 10.9. The van der Waals surface area contributed by atoms with Gasteiger partial charge in [-0.05, 0) is 38.0 Å². The zero-order valence-electron chi connectivity index (χ0n) is 17.1. The first kappa shape index (κ1) is 22.2. The fraction of sp³-hybridized carbons (Fsp3) is 0.227. The van der Waals surface area contributed by atoms with Crippen molar-refractivity contribution in [3.8, 4) is 0 Å². The molecular weight excluding hydrogens is 422 g/mol. The van der Waals surface area contributed by atoms with E-state index in [1.165, 1.54) is 19.1 Å². The Morgan fingerprint density at radius 1 is 1.26 bits per heavy atom. The summed E-state index contributed by atoms with van der Waals surface area (Å²) in [5, 5.41) is 14.0. The van der Waals surface area contributed by atoms with E-state index in [0.717, 1.165) is 11.8 Å². The molecule has 0 aliphatic carbocycles. The topological polar surface area (TPSA) is 111 Å². The van der Waals surface area contributed by atoms with Gasteiger partial charge in [-0.2, -0.15) is 0 Å². The van der Waals surface area contributed by atoms with Gasteiger partial charge in [-0.1, -0.05) is 36.7 Å². The van der Waals surface area contributed by atoms with Crippen LogP contribution in [0.4, 0.5) is 11.4 Å². The van der Waals surface area contributed by atoms with Crippen molar-refractivity contribution in [2.75, 3.05) is 5.32 Å². The standard InChI is InChI=1S/C22H20ClN3O5/c1-4-17-12(2)20(15-7-5-6-8-18(15)24-17)22(28)31-13(3)21(27)25-19-10-9-14(26(29)30)11-16(19)23/h5-11,13H,4H2,1-3H3,(H,25,27). The van der Waals surface area contributed by atoms with Gasteiger partial charge in [0.2, 0.25) is 0 Å². The number of nitrogens with zero attached hydrogens (tertiary/aromatic N) is 2. The third kappa shape index (κ3) is 4.64. The number of carbonyl (C=O) groups is 2. The quantitative estimate of drug-likeness (QED) is 0.332. The van der Waals surface area contributed by atoms with Crippen LogP contribution >= 0.6 is 11.6 Å². The Balaban J connectivity index is 1.82. The summed E-state index contributed by atoms with van der Waals surface area (Å²) in [6.07, 6.45) is -0.485. The summed E-state index contributed by atoms with van der Waals surface area (Å²) in [5.41, 5.74) is 2.51. The van der Waals surface area contributed by atoms with Crippen molar-refractivity contribution >= 4 is 45.8 Å². The van der Waals surface area contributed by atoms with Crippen LogP contribution in [0, 0.1) is 17.0 Å². The number of nitro benzene ring substituents is 1. The van der Waals surface area contributed by atoms with Crippen LogP contribution in [0.15, 0.2) is 42.5 Å². The molecule has 1 atom stereocenters. The molecule has 0 aliphatic rings. The molecule has 1 N–H and O–H groups in total. The number of rotatable bonds is 6. The number of halogens is 1. The highest BCUT2D eigenvalue weighted by Gasteiger charge is 2.24. The lowest BCUT2D eigenvalue weighted by Gasteiger charge is -2.17. The number of nitro groups is 1. The molecule has 3 rings (SSSR count). The van der Waals surface area contributed by atoms with Gasteiger partial charge in [-0.3, -0.25) is 19.9 Å². The highest BCUT2D eigenvalue weighted by Crippen LogP contribution is 2.27. The Labute approximate surface area is 183 Å². The highest BCUT2D eigenvalue weighted by molar-refractivity contribution is 6.34. The lowest BCUT2D eigenvalue weighted by molar-refractivity contribution is -0.384. The number of pyridine rings is 1. The maximum atomic E-state index is 13.0. The van der Waals surface area contributed by atoms with Crippen LogP contribution in [0.1, 0.15) is 35.5 Å². The third-order valence-corrected chi connectivity index (χ3v) is 5.16. The average Bonchev–Trinajstić information content (AvgIpc) is 2.74. The molecule has 1 amide bonds. The lowest BCUT2D eigenvalue weighted by atomic mass is 10.0. The molecule has 0 spiro atoms. The number of non-ortho nitro benzene ring substituents is 1. The highest BCUT2D eigenvalue weighted by atomic mass is 35.5. The van der Waals surface area contributed by atoms with Gasteiger partial charge in [0.05, 0.1) is 26.7 Å². The van der Waals surface area contributed by atoms with Crippen molar-refractivity contribution in [1.29, 1.82) is 0 Å². The number of amides is 1. The molecule has 1 heterocycles. The zero-order chi connectivity index (χ0) is 22.7. The maximum Gasteiger partial charge on any atom is 0.339 e. The van der Waals surface area contributed by atoms with E-state index in [-0.39, 0.29) is 16.4 Å². The average molecular weight is 442 g/mol. The number of hydrogen-bond donors (Lipinski definition) is 1. The predicted octanol–water partition coefficient (Wildman–Crippen LogP) is 4.85. The van der Waals surface area contributed by atoms with Gasteiger partial charge in [0.15, 0.2) is 6.10 Å². The van der Waals surface area contributed by atoms with Crippen molar-refractivity contribution in [2.45, 2.75) is 33.3 Å². The minimum absolute atomic E-state index is 0.00429. The number of fused-ring (bicyclic) bond motifs is 1. The monoisotopic (exact) mass is 441 g/mol. The fourth-order valence-corrected chi connectivity index (χ4v) is 3.41. The fourth-order valence-electron chi connectivity index (χ4n) is 3.19. The Hall–Kier alpha value is -3.52. The van der Waals surface area contributed by atoms with E-state index in [4.69, 9.17) is 16.3 Å². The predicted molar refractivity (Wildman–Crippen MR) is 117 cm³/mol. The van der Waals surface area contributed by atoms with Crippen LogP contribution < -0.4 is 5.32 Å². The van der Waals surface area contributed by atoms with Crippen LogP contribution in [-0.4, -0.2) is 27.9 Å².